The summed E-state index contributed by atoms with van der Waals surface area (Å²) in [5.74, 6) is 0. The van der Waals surface area contributed by atoms with Gasteiger partial charge in [-0.25, -0.2) is 0 Å². The molecule has 0 aromatic heterocycles. The van der Waals surface area contributed by atoms with Crippen molar-refractivity contribution in [2.24, 2.45) is 10.2 Å². The van der Waals surface area contributed by atoms with Crippen LogP contribution in [0.4, 0.5) is 0 Å². The lowest BCUT2D eigenvalue weighted by atomic mass is 9.99. The number of hydrogen-bond donors (Lipinski definition) is 0. The monoisotopic (exact) mass is 336 g/mol. The zero-order valence-corrected chi connectivity index (χ0v) is 16.8. The summed E-state index contributed by atoms with van der Waals surface area (Å²) in [6.45, 7) is 4.58. The molecule has 2 nitrogen and oxygen atoms in total. The summed E-state index contributed by atoms with van der Waals surface area (Å²) in [6.07, 6.45) is 24.3. The Hall–Kier alpha value is -0.400. The van der Waals surface area contributed by atoms with Gasteiger partial charge in [-0.2, -0.15) is 10.2 Å². The molecule has 0 radical (unpaired) electrons. The Labute approximate surface area is 152 Å². The van der Waals surface area contributed by atoms with Crippen LogP contribution in [0.15, 0.2) is 10.2 Å². The van der Waals surface area contributed by atoms with Crippen LogP contribution < -0.4 is 0 Å². The fourth-order valence-electron chi connectivity index (χ4n) is 3.79. The summed E-state index contributed by atoms with van der Waals surface area (Å²) >= 11 is 0. The molecule has 1 aliphatic heterocycles. The third kappa shape index (κ3) is 12.0. The maximum Gasteiger partial charge on any atom is 0.0708 e. The molecule has 0 aliphatic carbocycles. The van der Waals surface area contributed by atoms with Crippen LogP contribution in [0.25, 0.3) is 0 Å². The number of azo groups is 1. The van der Waals surface area contributed by atoms with E-state index in [2.05, 4.69) is 13.8 Å². The van der Waals surface area contributed by atoms with Crippen LogP contribution in [-0.4, -0.2) is 12.1 Å². The minimum absolute atomic E-state index is 0.513. The Kier molecular flexibility index (Phi) is 14.5. The van der Waals surface area contributed by atoms with Gasteiger partial charge in [0, 0.05) is 0 Å². The van der Waals surface area contributed by atoms with Crippen molar-refractivity contribution in [1.29, 1.82) is 0 Å². The van der Waals surface area contributed by atoms with Gasteiger partial charge in [-0.3, -0.25) is 0 Å². The van der Waals surface area contributed by atoms with Crippen molar-refractivity contribution in [2.45, 2.75) is 142 Å². The highest BCUT2D eigenvalue weighted by Crippen LogP contribution is 2.21. The predicted octanol–water partition coefficient (Wildman–Crippen LogP) is 8.25. The summed E-state index contributed by atoms with van der Waals surface area (Å²) in [6, 6.07) is 1.03. The second-order valence-corrected chi connectivity index (χ2v) is 7.94. The molecule has 0 aromatic carbocycles. The molecule has 1 heterocycles. The maximum atomic E-state index is 4.86. The second-order valence-electron chi connectivity index (χ2n) is 7.94. The van der Waals surface area contributed by atoms with E-state index in [0.29, 0.717) is 12.1 Å². The van der Waals surface area contributed by atoms with Gasteiger partial charge in [0.2, 0.25) is 0 Å². The van der Waals surface area contributed by atoms with E-state index in [1.807, 2.05) is 0 Å². The highest BCUT2D eigenvalue weighted by Gasteiger charge is 2.12. The number of hydrogen-bond acceptors (Lipinski definition) is 2. The van der Waals surface area contributed by atoms with E-state index < -0.39 is 0 Å². The van der Waals surface area contributed by atoms with Crippen molar-refractivity contribution in [3.63, 3.8) is 0 Å². The lowest BCUT2D eigenvalue weighted by Crippen LogP contribution is -2.09. The molecule has 0 amide bonds. The molecule has 0 N–H and O–H groups in total. The van der Waals surface area contributed by atoms with Crippen LogP contribution >= 0.6 is 0 Å². The lowest BCUT2D eigenvalue weighted by Gasteiger charge is -2.16. The SMILES string of the molecule is CCCCCCC1CCCCCCCCC(CCCCCC)N=N1. The zero-order chi connectivity index (χ0) is 17.3. The van der Waals surface area contributed by atoms with Crippen LogP contribution in [0.1, 0.15) is 129 Å². The first-order valence-corrected chi connectivity index (χ1v) is 11.3. The molecule has 2 unspecified atom stereocenters. The molecule has 1 rings (SSSR count). The topological polar surface area (TPSA) is 24.7 Å². The fraction of sp³-hybridized carbons (Fsp3) is 1.00. The van der Waals surface area contributed by atoms with Crippen molar-refractivity contribution in [1.82, 2.24) is 0 Å². The Morgan fingerprint density at radius 1 is 0.542 bits per heavy atom. The third-order valence-corrected chi connectivity index (χ3v) is 5.50. The standard InChI is InChI=1S/C22H44N2/c1-3-5-7-13-17-21-19-15-11-9-10-12-16-20-22(24-23-21)18-14-8-6-4-2/h21-22H,3-20H2,1-2H3. The van der Waals surface area contributed by atoms with Gasteiger partial charge in [0.25, 0.3) is 0 Å². The second kappa shape index (κ2) is 16.1. The van der Waals surface area contributed by atoms with Crippen molar-refractivity contribution in [3.05, 3.63) is 0 Å². The molecule has 0 spiro atoms. The van der Waals surface area contributed by atoms with Crippen LogP contribution in [0.2, 0.25) is 0 Å². The summed E-state index contributed by atoms with van der Waals surface area (Å²) in [5, 5.41) is 9.72. The summed E-state index contributed by atoms with van der Waals surface area (Å²) in [4.78, 5) is 0. The van der Waals surface area contributed by atoms with E-state index in [9.17, 15) is 0 Å². The van der Waals surface area contributed by atoms with Crippen molar-refractivity contribution in [3.8, 4) is 0 Å². The smallest absolute Gasteiger partial charge is 0.0708 e. The van der Waals surface area contributed by atoms with E-state index in [4.69, 9.17) is 10.2 Å². The Balaban J connectivity index is 2.46. The first-order valence-electron chi connectivity index (χ1n) is 11.3. The molecule has 2 heteroatoms. The largest absolute Gasteiger partial charge is 0.191 e. The van der Waals surface area contributed by atoms with Crippen molar-refractivity contribution < 1.29 is 0 Å². The highest BCUT2D eigenvalue weighted by atomic mass is 15.1. The van der Waals surface area contributed by atoms with Gasteiger partial charge in [-0.15, -0.1) is 0 Å². The number of unbranched alkanes of at least 4 members (excludes halogenated alkanes) is 6. The van der Waals surface area contributed by atoms with Crippen molar-refractivity contribution in [2.75, 3.05) is 0 Å². The van der Waals surface area contributed by atoms with Gasteiger partial charge in [0.15, 0.2) is 0 Å². The van der Waals surface area contributed by atoms with E-state index in [1.165, 1.54) is 116 Å². The van der Waals surface area contributed by atoms with Gasteiger partial charge in [0.05, 0.1) is 12.1 Å². The number of nitrogens with zero attached hydrogens (tertiary/aromatic N) is 2. The molecule has 2 atom stereocenters. The first-order chi connectivity index (χ1) is 11.9. The number of rotatable bonds is 10. The maximum absolute atomic E-state index is 4.86. The molecular formula is C22H44N2. The van der Waals surface area contributed by atoms with E-state index in [-0.39, 0.29) is 0 Å². The summed E-state index contributed by atoms with van der Waals surface area (Å²) in [5.41, 5.74) is 0. The van der Waals surface area contributed by atoms with Crippen LogP contribution in [-0.2, 0) is 0 Å². The van der Waals surface area contributed by atoms with Crippen molar-refractivity contribution >= 4 is 0 Å². The summed E-state index contributed by atoms with van der Waals surface area (Å²) < 4.78 is 0. The first kappa shape index (κ1) is 21.6. The van der Waals surface area contributed by atoms with Gasteiger partial charge < -0.3 is 0 Å². The quantitative estimate of drug-likeness (QED) is 0.359. The molecule has 0 saturated heterocycles. The van der Waals surface area contributed by atoms with Gasteiger partial charge in [0.1, 0.15) is 0 Å². The Morgan fingerprint density at radius 3 is 1.38 bits per heavy atom. The molecule has 0 aromatic rings. The molecule has 0 fully saturated rings. The zero-order valence-electron chi connectivity index (χ0n) is 16.8. The van der Waals surface area contributed by atoms with Crippen LogP contribution in [0.3, 0.4) is 0 Å². The molecule has 1 aliphatic rings. The fourth-order valence-corrected chi connectivity index (χ4v) is 3.79. The van der Waals surface area contributed by atoms with Crippen LogP contribution in [0, 0.1) is 0 Å². The minimum atomic E-state index is 0.513. The molecule has 24 heavy (non-hydrogen) atoms. The van der Waals surface area contributed by atoms with Gasteiger partial charge in [-0.05, 0) is 25.7 Å². The summed E-state index contributed by atoms with van der Waals surface area (Å²) in [7, 11) is 0. The highest BCUT2D eigenvalue weighted by molar-refractivity contribution is 4.70. The van der Waals surface area contributed by atoms with E-state index >= 15 is 0 Å². The van der Waals surface area contributed by atoms with Gasteiger partial charge in [-0.1, -0.05) is 104 Å². The van der Waals surface area contributed by atoms with E-state index in [0.717, 1.165) is 0 Å². The molecule has 0 saturated carbocycles. The third-order valence-electron chi connectivity index (χ3n) is 5.50. The molecular weight excluding hydrogens is 292 g/mol. The molecule has 142 valence electrons. The Bertz CT molecular complexity index is 260. The Morgan fingerprint density at radius 2 is 0.958 bits per heavy atom. The normalized spacial score (nSPS) is 23.6. The molecule has 0 bridgehead atoms. The van der Waals surface area contributed by atoms with Crippen LogP contribution in [0.5, 0.6) is 0 Å². The predicted molar refractivity (Wildman–Crippen MR) is 107 cm³/mol. The lowest BCUT2D eigenvalue weighted by molar-refractivity contribution is 0.424. The van der Waals surface area contributed by atoms with E-state index in [1.54, 1.807) is 0 Å². The average Bonchev–Trinajstić information content (AvgIpc) is 2.59. The minimum Gasteiger partial charge on any atom is -0.191 e. The van der Waals surface area contributed by atoms with Gasteiger partial charge >= 0.3 is 0 Å². The average molecular weight is 337 g/mol.